The molecule has 4 aromatic rings. The standard InChI is InChI=1S/C25H19Cl2P.ClH/c26-22-17-16-21(24(27)23(22)18-10-4-1-5-11-18)25(28,19-12-6-2-7-13-19)20-14-8-3-9-15-20;/h1-17H,28H2;1H. The molecule has 0 radical (unpaired) electrons. The van der Waals surface area contributed by atoms with Gasteiger partial charge in [-0.3, -0.25) is 0 Å². The van der Waals surface area contributed by atoms with Crippen molar-refractivity contribution in [3.05, 3.63) is 130 Å². The summed E-state index contributed by atoms with van der Waals surface area (Å²) in [5, 5.41) is 0.822. The van der Waals surface area contributed by atoms with Crippen LogP contribution in [0.4, 0.5) is 0 Å². The lowest BCUT2D eigenvalue weighted by atomic mass is 9.82. The van der Waals surface area contributed by atoms with Gasteiger partial charge in [-0.15, -0.1) is 21.6 Å². The highest BCUT2D eigenvalue weighted by atomic mass is 35.5. The molecule has 0 aliphatic carbocycles. The molecule has 0 fully saturated rings. The molecular formula is C25H20Cl3P. The number of hydrogen-bond acceptors (Lipinski definition) is 0. The van der Waals surface area contributed by atoms with Crippen LogP contribution in [-0.4, -0.2) is 0 Å². The minimum atomic E-state index is -0.492. The zero-order chi connectivity index (χ0) is 19.6. The van der Waals surface area contributed by atoms with Crippen LogP contribution in [0.2, 0.25) is 10.0 Å². The van der Waals surface area contributed by atoms with E-state index in [1.165, 1.54) is 0 Å². The summed E-state index contributed by atoms with van der Waals surface area (Å²) in [4.78, 5) is 0. The van der Waals surface area contributed by atoms with Crippen LogP contribution in [0.3, 0.4) is 0 Å². The Morgan fingerprint density at radius 2 is 1.03 bits per heavy atom. The Labute approximate surface area is 190 Å². The molecule has 1 unspecified atom stereocenters. The molecule has 0 amide bonds. The van der Waals surface area contributed by atoms with Crippen molar-refractivity contribution >= 4 is 44.8 Å². The fraction of sp³-hybridized carbons (Fsp3) is 0.0400. The summed E-state index contributed by atoms with van der Waals surface area (Å²) >= 11 is 13.6. The SMILES string of the molecule is Cl.PC(c1ccccc1)(c1ccccc1)c1ccc(Cl)c(-c2ccccc2)c1Cl. The summed E-state index contributed by atoms with van der Waals surface area (Å²) in [6.07, 6.45) is 0. The lowest BCUT2D eigenvalue weighted by Crippen LogP contribution is -2.22. The van der Waals surface area contributed by atoms with Crippen molar-refractivity contribution in [2.24, 2.45) is 0 Å². The molecule has 0 spiro atoms. The molecule has 0 saturated heterocycles. The summed E-state index contributed by atoms with van der Waals surface area (Å²) in [6, 6.07) is 34.8. The Hall–Kier alpha value is -1.82. The molecular weight excluding hydrogens is 438 g/mol. The average Bonchev–Trinajstić information content (AvgIpc) is 2.75. The highest BCUT2D eigenvalue weighted by molar-refractivity contribution is 7.19. The van der Waals surface area contributed by atoms with Crippen molar-refractivity contribution in [1.82, 2.24) is 0 Å². The van der Waals surface area contributed by atoms with Crippen LogP contribution < -0.4 is 0 Å². The average molecular weight is 458 g/mol. The lowest BCUT2D eigenvalue weighted by molar-refractivity contribution is 0.897. The Kier molecular flexibility index (Phi) is 7.04. The maximum Gasteiger partial charge on any atom is 0.0606 e. The van der Waals surface area contributed by atoms with Crippen molar-refractivity contribution in [2.75, 3.05) is 0 Å². The maximum atomic E-state index is 7.03. The Morgan fingerprint density at radius 1 is 0.586 bits per heavy atom. The molecule has 0 heterocycles. The van der Waals surface area contributed by atoms with Crippen molar-refractivity contribution in [1.29, 1.82) is 0 Å². The third-order valence-electron chi connectivity index (χ3n) is 5.04. The van der Waals surface area contributed by atoms with Gasteiger partial charge in [0.15, 0.2) is 0 Å². The van der Waals surface area contributed by atoms with Crippen molar-refractivity contribution < 1.29 is 0 Å². The summed E-state index contributed by atoms with van der Waals surface area (Å²) in [6.45, 7) is 0. The zero-order valence-corrected chi connectivity index (χ0v) is 19.0. The second-order valence-electron chi connectivity index (χ2n) is 6.69. The van der Waals surface area contributed by atoms with E-state index in [4.69, 9.17) is 23.2 Å². The number of benzene rings is 4. The van der Waals surface area contributed by atoms with E-state index in [0.29, 0.717) is 10.0 Å². The zero-order valence-electron chi connectivity index (χ0n) is 15.6. The molecule has 4 aromatic carbocycles. The van der Waals surface area contributed by atoms with E-state index in [0.717, 1.165) is 27.8 Å². The lowest BCUT2D eigenvalue weighted by Gasteiger charge is -2.33. The molecule has 0 aliphatic heterocycles. The normalized spacial score (nSPS) is 11.0. The van der Waals surface area contributed by atoms with Crippen molar-refractivity contribution in [3.8, 4) is 11.1 Å². The third kappa shape index (κ3) is 4.09. The van der Waals surface area contributed by atoms with Gasteiger partial charge in [0.05, 0.1) is 10.2 Å². The molecule has 146 valence electrons. The van der Waals surface area contributed by atoms with Crippen LogP contribution in [0.25, 0.3) is 11.1 Å². The highest BCUT2D eigenvalue weighted by Gasteiger charge is 2.34. The monoisotopic (exact) mass is 456 g/mol. The largest absolute Gasteiger partial charge is 0.147 e. The predicted molar refractivity (Wildman–Crippen MR) is 132 cm³/mol. The molecule has 0 bridgehead atoms. The van der Waals surface area contributed by atoms with E-state index in [9.17, 15) is 0 Å². The van der Waals surface area contributed by atoms with Crippen LogP contribution in [0.1, 0.15) is 16.7 Å². The first-order valence-electron chi connectivity index (χ1n) is 9.06. The first-order valence-corrected chi connectivity index (χ1v) is 10.4. The Balaban J connectivity index is 0.00000240. The second-order valence-corrected chi connectivity index (χ2v) is 8.34. The van der Waals surface area contributed by atoms with Gasteiger partial charge in [0, 0.05) is 10.6 Å². The van der Waals surface area contributed by atoms with Gasteiger partial charge in [-0.05, 0) is 28.3 Å². The minimum Gasteiger partial charge on any atom is -0.147 e. The van der Waals surface area contributed by atoms with E-state index in [-0.39, 0.29) is 12.4 Å². The van der Waals surface area contributed by atoms with Crippen molar-refractivity contribution in [2.45, 2.75) is 5.16 Å². The van der Waals surface area contributed by atoms with E-state index in [2.05, 4.69) is 57.8 Å². The highest BCUT2D eigenvalue weighted by Crippen LogP contribution is 2.50. The fourth-order valence-electron chi connectivity index (χ4n) is 3.61. The quantitative estimate of drug-likeness (QED) is 0.214. The van der Waals surface area contributed by atoms with Gasteiger partial charge in [0.25, 0.3) is 0 Å². The predicted octanol–water partition coefficient (Wildman–Crippen LogP) is 8.25. The van der Waals surface area contributed by atoms with Gasteiger partial charge < -0.3 is 0 Å². The molecule has 29 heavy (non-hydrogen) atoms. The van der Waals surface area contributed by atoms with Gasteiger partial charge in [-0.25, -0.2) is 0 Å². The Bertz CT molecular complexity index is 1040. The van der Waals surface area contributed by atoms with Gasteiger partial charge in [-0.2, -0.15) is 0 Å². The van der Waals surface area contributed by atoms with Gasteiger partial charge >= 0.3 is 0 Å². The molecule has 1 atom stereocenters. The van der Waals surface area contributed by atoms with Crippen LogP contribution >= 0.6 is 44.8 Å². The minimum absolute atomic E-state index is 0. The first kappa shape index (κ1) is 21.9. The summed E-state index contributed by atoms with van der Waals surface area (Å²) in [5.41, 5.74) is 5.16. The van der Waals surface area contributed by atoms with Crippen LogP contribution in [0, 0.1) is 0 Å². The third-order valence-corrected chi connectivity index (χ3v) is 6.72. The topological polar surface area (TPSA) is 0 Å². The van der Waals surface area contributed by atoms with E-state index in [1.807, 2.05) is 54.6 Å². The summed E-state index contributed by atoms with van der Waals surface area (Å²) < 4.78 is 0. The summed E-state index contributed by atoms with van der Waals surface area (Å²) in [7, 11) is 3.04. The maximum absolute atomic E-state index is 7.03. The van der Waals surface area contributed by atoms with Crippen molar-refractivity contribution in [3.63, 3.8) is 0 Å². The van der Waals surface area contributed by atoms with Crippen LogP contribution in [0.5, 0.6) is 0 Å². The Morgan fingerprint density at radius 3 is 1.52 bits per heavy atom. The molecule has 4 heteroatoms. The van der Waals surface area contributed by atoms with Gasteiger partial charge in [-0.1, -0.05) is 120 Å². The van der Waals surface area contributed by atoms with E-state index in [1.54, 1.807) is 0 Å². The van der Waals surface area contributed by atoms with Crippen LogP contribution in [0.15, 0.2) is 103 Å². The molecule has 0 aliphatic rings. The van der Waals surface area contributed by atoms with Crippen LogP contribution in [-0.2, 0) is 5.16 Å². The first-order chi connectivity index (χ1) is 13.6. The molecule has 4 rings (SSSR count). The van der Waals surface area contributed by atoms with Gasteiger partial charge in [0.2, 0.25) is 0 Å². The molecule has 0 nitrogen and oxygen atoms in total. The number of rotatable bonds is 4. The summed E-state index contributed by atoms with van der Waals surface area (Å²) in [5.74, 6) is 0. The van der Waals surface area contributed by atoms with E-state index >= 15 is 0 Å². The fourth-order valence-corrected chi connectivity index (χ4v) is 5.06. The smallest absolute Gasteiger partial charge is 0.0606 e. The number of hydrogen-bond donors (Lipinski definition) is 0. The second kappa shape index (κ2) is 9.33. The van der Waals surface area contributed by atoms with E-state index < -0.39 is 5.16 Å². The molecule has 0 aromatic heterocycles. The van der Waals surface area contributed by atoms with Gasteiger partial charge in [0.1, 0.15) is 0 Å². The number of halogens is 3. The molecule has 0 N–H and O–H groups in total. The molecule has 0 saturated carbocycles.